The minimum absolute atomic E-state index is 0.0302. The van der Waals surface area contributed by atoms with Crippen molar-refractivity contribution in [2.45, 2.75) is 26.6 Å². The number of benzene rings is 1. The number of rotatable bonds is 5. The first-order valence-electron chi connectivity index (χ1n) is 7.86. The van der Waals surface area contributed by atoms with Crippen molar-refractivity contribution in [2.75, 3.05) is 13.2 Å². The molecule has 0 N–H and O–H groups in total. The Morgan fingerprint density at radius 2 is 2.12 bits per heavy atom. The number of amides is 1. The fourth-order valence-corrected chi connectivity index (χ4v) is 2.92. The molecule has 0 atom stereocenters. The van der Waals surface area contributed by atoms with Gasteiger partial charge in [-0.2, -0.15) is 0 Å². The van der Waals surface area contributed by atoms with Gasteiger partial charge in [0.1, 0.15) is 6.54 Å². The third-order valence-electron chi connectivity index (χ3n) is 3.84. The van der Waals surface area contributed by atoms with Gasteiger partial charge < -0.3 is 9.64 Å². The van der Waals surface area contributed by atoms with Gasteiger partial charge in [0.2, 0.25) is 5.82 Å². The second-order valence-electron chi connectivity index (χ2n) is 5.58. The van der Waals surface area contributed by atoms with Crippen LogP contribution in [0.4, 0.5) is 0 Å². The Morgan fingerprint density at radius 1 is 1.32 bits per heavy atom. The Bertz CT molecular complexity index is 873. The summed E-state index contributed by atoms with van der Waals surface area (Å²) in [7, 11) is 0. The number of esters is 1. The van der Waals surface area contributed by atoms with Gasteiger partial charge in [0.15, 0.2) is 0 Å². The Balaban J connectivity index is 1.80. The normalized spacial score (nSPS) is 13.7. The lowest BCUT2D eigenvalue weighted by Gasteiger charge is -2.26. The summed E-state index contributed by atoms with van der Waals surface area (Å²) in [5.74, 6) is -0.892. The monoisotopic (exact) mass is 364 g/mol. The number of halogens is 1. The molecule has 1 amide bonds. The van der Waals surface area contributed by atoms with Gasteiger partial charge in [-0.1, -0.05) is 23.7 Å². The zero-order valence-corrected chi connectivity index (χ0v) is 14.4. The Labute approximate surface area is 148 Å². The summed E-state index contributed by atoms with van der Waals surface area (Å²) in [6, 6.07) is 7.24. The van der Waals surface area contributed by atoms with Gasteiger partial charge in [-0.3, -0.25) is 14.2 Å². The molecule has 8 nitrogen and oxygen atoms in total. The third kappa shape index (κ3) is 3.58. The molecular formula is C16H17ClN4O4. The van der Waals surface area contributed by atoms with E-state index in [0.29, 0.717) is 24.7 Å². The van der Waals surface area contributed by atoms with E-state index in [1.807, 2.05) is 12.1 Å². The number of aromatic nitrogens is 3. The molecule has 0 saturated heterocycles. The van der Waals surface area contributed by atoms with Gasteiger partial charge in [-0.15, -0.1) is 5.10 Å². The molecular weight excluding hydrogens is 348 g/mol. The highest BCUT2D eigenvalue weighted by molar-refractivity contribution is 6.30. The van der Waals surface area contributed by atoms with E-state index in [1.54, 1.807) is 24.0 Å². The highest BCUT2D eigenvalue weighted by atomic mass is 35.5. The zero-order valence-electron chi connectivity index (χ0n) is 13.6. The van der Waals surface area contributed by atoms with Crippen LogP contribution in [0.15, 0.2) is 29.1 Å². The zero-order chi connectivity index (χ0) is 18.0. The molecule has 0 fully saturated rings. The van der Waals surface area contributed by atoms with Crippen LogP contribution in [-0.2, 0) is 29.2 Å². The molecule has 0 spiro atoms. The van der Waals surface area contributed by atoms with E-state index in [-0.39, 0.29) is 24.9 Å². The summed E-state index contributed by atoms with van der Waals surface area (Å²) in [6.45, 7) is 2.66. The quantitative estimate of drug-likeness (QED) is 0.736. The second kappa shape index (κ2) is 7.10. The molecule has 9 heteroatoms. The lowest BCUT2D eigenvalue weighted by atomic mass is 10.2. The second-order valence-corrected chi connectivity index (χ2v) is 6.01. The highest BCUT2D eigenvalue weighted by Gasteiger charge is 2.30. The molecule has 0 bridgehead atoms. The lowest BCUT2D eigenvalue weighted by Crippen LogP contribution is -2.42. The van der Waals surface area contributed by atoms with Crippen LogP contribution >= 0.6 is 11.6 Å². The first-order valence-corrected chi connectivity index (χ1v) is 8.24. The summed E-state index contributed by atoms with van der Waals surface area (Å²) in [5.41, 5.74) is 0.404. The van der Waals surface area contributed by atoms with Crippen molar-refractivity contribution in [2.24, 2.45) is 0 Å². The average molecular weight is 365 g/mol. The van der Waals surface area contributed by atoms with Gasteiger partial charge in [-0.25, -0.2) is 9.48 Å². The molecule has 1 aromatic carbocycles. The van der Waals surface area contributed by atoms with E-state index >= 15 is 0 Å². The number of hydrogen-bond acceptors (Lipinski definition) is 5. The molecule has 0 radical (unpaired) electrons. The van der Waals surface area contributed by atoms with Crippen LogP contribution in [0.3, 0.4) is 0 Å². The fourth-order valence-electron chi connectivity index (χ4n) is 2.70. The number of hydrogen-bond donors (Lipinski definition) is 0. The fraction of sp³-hybridized carbons (Fsp3) is 0.375. The Kier molecular flexibility index (Phi) is 4.89. The Morgan fingerprint density at radius 3 is 2.84 bits per heavy atom. The topological polar surface area (TPSA) is 86.4 Å². The van der Waals surface area contributed by atoms with E-state index in [9.17, 15) is 14.4 Å². The van der Waals surface area contributed by atoms with Crippen LogP contribution in [0, 0.1) is 0 Å². The minimum atomic E-state index is -0.566. The maximum absolute atomic E-state index is 12.6. The summed E-state index contributed by atoms with van der Waals surface area (Å²) in [4.78, 5) is 38.1. The van der Waals surface area contributed by atoms with Crippen LogP contribution in [0.1, 0.15) is 23.1 Å². The van der Waals surface area contributed by atoms with Crippen LogP contribution in [0.5, 0.6) is 0 Å². The SMILES string of the molecule is CCOC(=O)Cn1nc2n(c1=O)CCN(Cc1cccc(Cl)c1)C2=O. The Hall–Kier alpha value is -2.61. The summed E-state index contributed by atoms with van der Waals surface area (Å²) >= 11 is 5.97. The average Bonchev–Trinajstić information content (AvgIpc) is 2.88. The summed E-state index contributed by atoms with van der Waals surface area (Å²) in [5, 5.41) is 4.61. The molecule has 0 aliphatic carbocycles. The number of ether oxygens (including phenoxy) is 1. The van der Waals surface area contributed by atoms with E-state index in [1.165, 1.54) is 4.57 Å². The molecule has 3 rings (SSSR count). The van der Waals surface area contributed by atoms with Crippen molar-refractivity contribution in [1.29, 1.82) is 0 Å². The largest absolute Gasteiger partial charge is 0.465 e. The third-order valence-corrected chi connectivity index (χ3v) is 4.08. The van der Waals surface area contributed by atoms with Gasteiger partial charge >= 0.3 is 11.7 Å². The summed E-state index contributed by atoms with van der Waals surface area (Å²) < 4.78 is 7.07. The first-order chi connectivity index (χ1) is 12.0. The van der Waals surface area contributed by atoms with Crippen molar-refractivity contribution in [3.05, 3.63) is 51.2 Å². The molecule has 0 saturated carbocycles. The number of carbonyl (C=O) groups excluding carboxylic acids is 2. The predicted octanol–water partition coefficient (Wildman–Crippen LogP) is 0.917. The van der Waals surface area contributed by atoms with Crippen LogP contribution in [0.25, 0.3) is 0 Å². The maximum atomic E-state index is 12.6. The molecule has 1 aliphatic rings. The summed E-state index contributed by atoms with van der Waals surface area (Å²) in [6.07, 6.45) is 0. The molecule has 132 valence electrons. The standard InChI is InChI=1S/C16H17ClN4O4/c1-2-25-13(22)10-21-16(24)20-7-6-19(15(23)14(20)18-21)9-11-4-3-5-12(17)8-11/h3-5,8H,2,6-7,9-10H2,1H3. The van der Waals surface area contributed by atoms with Crippen molar-refractivity contribution in [3.63, 3.8) is 0 Å². The molecule has 2 aromatic rings. The minimum Gasteiger partial charge on any atom is -0.465 e. The van der Waals surface area contributed by atoms with Crippen molar-refractivity contribution in [1.82, 2.24) is 19.2 Å². The molecule has 0 unspecified atom stereocenters. The first kappa shape index (κ1) is 17.2. The van der Waals surface area contributed by atoms with Crippen molar-refractivity contribution < 1.29 is 14.3 Å². The number of fused-ring (bicyclic) bond motifs is 1. The van der Waals surface area contributed by atoms with E-state index in [2.05, 4.69) is 5.10 Å². The maximum Gasteiger partial charge on any atom is 0.346 e. The smallest absolute Gasteiger partial charge is 0.346 e. The van der Waals surface area contributed by atoms with E-state index in [0.717, 1.165) is 10.2 Å². The van der Waals surface area contributed by atoms with Crippen molar-refractivity contribution >= 4 is 23.5 Å². The molecule has 1 aliphatic heterocycles. The van der Waals surface area contributed by atoms with Gasteiger partial charge in [0.25, 0.3) is 5.91 Å². The number of nitrogens with zero attached hydrogens (tertiary/aromatic N) is 4. The molecule has 2 heterocycles. The predicted molar refractivity (Wildman–Crippen MR) is 89.3 cm³/mol. The van der Waals surface area contributed by atoms with E-state index in [4.69, 9.17) is 16.3 Å². The van der Waals surface area contributed by atoms with Crippen LogP contribution < -0.4 is 5.69 Å². The molecule has 25 heavy (non-hydrogen) atoms. The van der Waals surface area contributed by atoms with Gasteiger partial charge in [0, 0.05) is 24.7 Å². The van der Waals surface area contributed by atoms with Gasteiger partial charge in [-0.05, 0) is 24.6 Å². The van der Waals surface area contributed by atoms with Crippen LogP contribution in [-0.4, -0.2) is 44.3 Å². The number of carbonyl (C=O) groups is 2. The molecule has 1 aromatic heterocycles. The highest BCUT2D eigenvalue weighted by Crippen LogP contribution is 2.16. The lowest BCUT2D eigenvalue weighted by molar-refractivity contribution is -0.144. The van der Waals surface area contributed by atoms with Gasteiger partial charge in [0.05, 0.1) is 6.61 Å². The van der Waals surface area contributed by atoms with Crippen molar-refractivity contribution in [3.8, 4) is 0 Å². The van der Waals surface area contributed by atoms with Crippen LogP contribution in [0.2, 0.25) is 5.02 Å². The van der Waals surface area contributed by atoms with E-state index < -0.39 is 11.7 Å².